The van der Waals surface area contributed by atoms with Crippen LogP contribution in [0.1, 0.15) is 17.4 Å². The van der Waals surface area contributed by atoms with Gasteiger partial charge >= 0.3 is 0 Å². The van der Waals surface area contributed by atoms with Gasteiger partial charge in [0.2, 0.25) is 0 Å². The van der Waals surface area contributed by atoms with E-state index < -0.39 is 6.10 Å². The molecule has 1 aromatic heterocycles. The van der Waals surface area contributed by atoms with Crippen molar-refractivity contribution in [3.8, 4) is 0 Å². The first kappa shape index (κ1) is 13.6. The molecule has 1 N–H and O–H groups in total. The van der Waals surface area contributed by atoms with Crippen LogP contribution >= 0.6 is 31.9 Å². The fourth-order valence-electron chi connectivity index (χ4n) is 1.63. The third kappa shape index (κ3) is 3.16. The lowest BCUT2D eigenvalue weighted by atomic mass is 10.1. The molecule has 1 unspecified atom stereocenters. The summed E-state index contributed by atoms with van der Waals surface area (Å²) >= 11 is 6.47. The maximum atomic E-state index is 13.1. The second-order valence-corrected chi connectivity index (χ2v) is 5.55. The molecule has 2 nitrogen and oxygen atoms in total. The highest BCUT2D eigenvalue weighted by atomic mass is 79.9. The summed E-state index contributed by atoms with van der Waals surface area (Å²) in [6, 6.07) is 8.30. The molecule has 5 heteroatoms. The molecule has 0 aliphatic carbocycles. The van der Waals surface area contributed by atoms with Crippen molar-refractivity contribution < 1.29 is 9.50 Å². The Hall–Kier alpha value is -0.780. The highest BCUT2D eigenvalue weighted by molar-refractivity contribution is 9.10. The maximum Gasteiger partial charge on any atom is 0.137 e. The number of pyridine rings is 1. The molecule has 0 saturated heterocycles. The number of rotatable bonds is 3. The van der Waals surface area contributed by atoms with Crippen LogP contribution in [0.3, 0.4) is 0 Å². The van der Waals surface area contributed by atoms with Gasteiger partial charge in [0.05, 0.1) is 10.2 Å². The largest absolute Gasteiger partial charge is 0.386 e. The molecular formula is C13H10Br2FNO. The number of hydrogen-bond donors (Lipinski definition) is 1. The van der Waals surface area contributed by atoms with Crippen LogP contribution in [0.4, 0.5) is 4.39 Å². The van der Waals surface area contributed by atoms with Gasteiger partial charge in [0.1, 0.15) is 11.9 Å². The summed E-state index contributed by atoms with van der Waals surface area (Å²) in [5.41, 5.74) is 1.42. The third-order valence-electron chi connectivity index (χ3n) is 2.52. The Morgan fingerprint density at radius 2 is 2.00 bits per heavy atom. The SMILES string of the molecule is OC(Cc1ccc(F)c(Br)c1)c1ncccc1Br. The molecule has 1 heterocycles. The molecule has 0 radical (unpaired) electrons. The predicted octanol–water partition coefficient (Wildman–Crippen LogP) is 4.02. The van der Waals surface area contributed by atoms with E-state index in [1.165, 1.54) is 6.07 Å². The van der Waals surface area contributed by atoms with Gasteiger partial charge in [-0.15, -0.1) is 0 Å². The summed E-state index contributed by atoms with van der Waals surface area (Å²) in [5.74, 6) is -0.313. The number of hydrogen-bond acceptors (Lipinski definition) is 2. The van der Waals surface area contributed by atoms with E-state index in [4.69, 9.17) is 0 Å². The van der Waals surface area contributed by atoms with Gasteiger partial charge in [-0.3, -0.25) is 4.98 Å². The summed E-state index contributed by atoms with van der Waals surface area (Å²) in [7, 11) is 0. The topological polar surface area (TPSA) is 33.1 Å². The van der Waals surface area contributed by atoms with Crippen molar-refractivity contribution >= 4 is 31.9 Å². The number of aliphatic hydroxyl groups excluding tert-OH is 1. The summed E-state index contributed by atoms with van der Waals surface area (Å²) in [5, 5.41) is 10.1. The van der Waals surface area contributed by atoms with Crippen molar-refractivity contribution in [1.29, 1.82) is 0 Å². The number of halogens is 3. The van der Waals surface area contributed by atoms with Gasteiger partial charge < -0.3 is 5.11 Å². The zero-order valence-electron chi connectivity index (χ0n) is 9.28. The molecule has 18 heavy (non-hydrogen) atoms. The molecule has 2 rings (SSSR count). The Morgan fingerprint density at radius 1 is 1.22 bits per heavy atom. The molecule has 0 aliphatic rings. The molecule has 0 spiro atoms. The van der Waals surface area contributed by atoms with E-state index >= 15 is 0 Å². The molecule has 94 valence electrons. The minimum Gasteiger partial charge on any atom is -0.386 e. The first-order valence-electron chi connectivity index (χ1n) is 5.30. The average Bonchev–Trinajstić information content (AvgIpc) is 2.34. The van der Waals surface area contributed by atoms with Crippen molar-refractivity contribution in [3.05, 3.63) is 62.5 Å². The molecular weight excluding hydrogens is 365 g/mol. The predicted molar refractivity (Wildman–Crippen MR) is 74.7 cm³/mol. The highest BCUT2D eigenvalue weighted by Crippen LogP contribution is 2.25. The number of benzene rings is 1. The molecule has 0 amide bonds. The normalized spacial score (nSPS) is 12.4. The lowest BCUT2D eigenvalue weighted by Gasteiger charge is -2.12. The van der Waals surface area contributed by atoms with Crippen LogP contribution in [0.5, 0.6) is 0 Å². The molecule has 0 saturated carbocycles. The van der Waals surface area contributed by atoms with E-state index in [2.05, 4.69) is 36.8 Å². The van der Waals surface area contributed by atoms with Crippen LogP contribution in [0.15, 0.2) is 45.5 Å². The minimum absolute atomic E-state index is 0.313. The van der Waals surface area contributed by atoms with Gasteiger partial charge in [-0.25, -0.2) is 4.39 Å². The Labute approximate surface area is 121 Å². The Balaban J connectivity index is 2.19. The number of nitrogens with zero attached hydrogens (tertiary/aromatic N) is 1. The zero-order chi connectivity index (χ0) is 13.1. The third-order valence-corrected chi connectivity index (χ3v) is 3.79. The van der Waals surface area contributed by atoms with Crippen molar-refractivity contribution in [3.63, 3.8) is 0 Å². The molecule has 2 aromatic rings. The Bertz CT molecular complexity index is 562. The average molecular weight is 375 g/mol. The monoisotopic (exact) mass is 373 g/mol. The second kappa shape index (κ2) is 5.91. The molecule has 0 fully saturated rings. The number of aliphatic hydroxyl groups is 1. The van der Waals surface area contributed by atoms with Crippen molar-refractivity contribution in [2.75, 3.05) is 0 Å². The molecule has 1 aromatic carbocycles. The quantitative estimate of drug-likeness (QED) is 0.880. The minimum atomic E-state index is -0.724. The lowest BCUT2D eigenvalue weighted by molar-refractivity contribution is 0.172. The van der Waals surface area contributed by atoms with Crippen molar-refractivity contribution in [2.24, 2.45) is 0 Å². The van der Waals surface area contributed by atoms with Crippen molar-refractivity contribution in [1.82, 2.24) is 4.98 Å². The Morgan fingerprint density at radius 3 is 2.67 bits per heavy atom. The van der Waals surface area contributed by atoms with Crippen LogP contribution in [-0.4, -0.2) is 10.1 Å². The molecule has 1 atom stereocenters. The van der Waals surface area contributed by atoms with Gasteiger partial charge in [0, 0.05) is 17.1 Å². The standard InChI is InChI=1S/C13H10Br2FNO/c14-9-2-1-5-17-13(9)12(18)7-8-3-4-11(16)10(15)6-8/h1-6,12,18H,7H2. The highest BCUT2D eigenvalue weighted by Gasteiger charge is 2.13. The molecule has 0 bridgehead atoms. The molecule has 0 aliphatic heterocycles. The zero-order valence-corrected chi connectivity index (χ0v) is 12.4. The van der Waals surface area contributed by atoms with E-state index in [9.17, 15) is 9.50 Å². The first-order valence-corrected chi connectivity index (χ1v) is 6.89. The van der Waals surface area contributed by atoms with E-state index in [0.29, 0.717) is 16.6 Å². The first-order chi connectivity index (χ1) is 8.58. The summed E-state index contributed by atoms with van der Waals surface area (Å²) in [6.07, 6.45) is 1.29. The van der Waals surface area contributed by atoms with Crippen LogP contribution < -0.4 is 0 Å². The van der Waals surface area contributed by atoms with Crippen LogP contribution in [0.2, 0.25) is 0 Å². The fourth-order valence-corrected chi connectivity index (χ4v) is 2.58. The summed E-state index contributed by atoms with van der Waals surface area (Å²) in [6.45, 7) is 0. The Kier molecular flexibility index (Phi) is 4.48. The van der Waals surface area contributed by atoms with Crippen molar-refractivity contribution in [2.45, 2.75) is 12.5 Å². The van der Waals surface area contributed by atoms with E-state index in [0.717, 1.165) is 10.0 Å². The maximum absolute atomic E-state index is 13.1. The van der Waals surface area contributed by atoms with E-state index in [-0.39, 0.29) is 5.82 Å². The lowest BCUT2D eigenvalue weighted by Crippen LogP contribution is -2.05. The smallest absolute Gasteiger partial charge is 0.137 e. The van der Waals surface area contributed by atoms with Gasteiger partial charge in [-0.05, 0) is 61.7 Å². The van der Waals surface area contributed by atoms with E-state index in [1.807, 2.05) is 6.07 Å². The van der Waals surface area contributed by atoms with Crippen LogP contribution in [0.25, 0.3) is 0 Å². The van der Waals surface area contributed by atoms with E-state index in [1.54, 1.807) is 24.4 Å². The summed E-state index contributed by atoms with van der Waals surface area (Å²) < 4.78 is 14.3. The van der Waals surface area contributed by atoms with Crippen LogP contribution in [-0.2, 0) is 6.42 Å². The van der Waals surface area contributed by atoms with Gasteiger partial charge in [0.25, 0.3) is 0 Å². The van der Waals surface area contributed by atoms with Crippen LogP contribution in [0, 0.1) is 5.82 Å². The second-order valence-electron chi connectivity index (χ2n) is 3.84. The fraction of sp³-hybridized carbons (Fsp3) is 0.154. The summed E-state index contributed by atoms with van der Waals surface area (Å²) in [4.78, 5) is 4.13. The van der Waals surface area contributed by atoms with Gasteiger partial charge in [-0.2, -0.15) is 0 Å². The van der Waals surface area contributed by atoms with Gasteiger partial charge in [-0.1, -0.05) is 6.07 Å². The number of aromatic nitrogens is 1. The van der Waals surface area contributed by atoms with Gasteiger partial charge in [0.15, 0.2) is 0 Å².